The van der Waals surface area contributed by atoms with Gasteiger partial charge in [0.05, 0.1) is 0 Å². The highest BCUT2D eigenvalue weighted by Gasteiger charge is 2.32. The van der Waals surface area contributed by atoms with E-state index < -0.39 is 32.8 Å². The van der Waals surface area contributed by atoms with Crippen molar-refractivity contribution < 1.29 is 30.1 Å². The molecule has 2 atom stereocenters. The monoisotopic (exact) mass is 428 g/mol. The van der Waals surface area contributed by atoms with Crippen molar-refractivity contribution in [3.63, 3.8) is 0 Å². The van der Waals surface area contributed by atoms with E-state index in [9.17, 15) is 10.4 Å². The average Bonchev–Trinajstić information content (AvgIpc) is 2.41. The Morgan fingerprint density at radius 2 is 0.933 bits per heavy atom. The average molecular weight is 429 g/mol. The molecule has 1 aromatic rings. The second-order valence-corrected chi connectivity index (χ2v) is 11.5. The van der Waals surface area contributed by atoms with Gasteiger partial charge in [0.2, 0.25) is 5.75 Å². The lowest BCUT2D eigenvalue weighted by atomic mass is 9.79. The Labute approximate surface area is 181 Å². The van der Waals surface area contributed by atoms with Gasteiger partial charge in [-0.25, -0.2) is 0 Å². The van der Waals surface area contributed by atoms with Crippen LogP contribution in [-0.2, 0) is 20.5 Å². The Bertz CT molecular complexity index is 673. The zero-order valence-electron chi connectivity index (χ0n) is 20.6. The Hall–Kier alpha value is -1.42. The van der Waals surface area contributed by atoms with Crippen LogP contribution in [0, 0.1) is 10.4 Å². The van der Waals surface area contributed by atoms with E-state index in [1.165, 1.54) is 0 Å². The van der Waals surface area contributed by atoms with Gasteiger partial charge in [-0.2, -0.15) is 9.68 Å². The molecule has 0 amide bonds. The molecule has 0 aliphatic carbocycles. The molecular weight excluding hydrogens is 388 g/mol. The summed E-state index contributed by atoms with van der Waals surface area (Å²) in [5, 5.41) is 23.1. The number of hydrogen-bond donors (Lipinski definition) is 2. The fourth-order valence-corrected chi connectivity index (χ4v) is 2.61. The van der Waals surface area contributed by atoms with E-state index in [1.807, 2.05) is 41.5 Å². The van der Waals surface area contributed by atoms with Crippen LogP contribution in [0.5, 0.6) is 11.5 Å². The zero-order valence-corrected chi connectivity index (χ0v) is 20.6. The summed E-state index contributed by atoms with van der Waals surface area (Å²) in [6.07, 6.45) is 0. The summed E-state index contributed by atoms with van der Waals surface area (Å²) in [5.41, 5.74) is -0.703. The molecule has 0 aliphatic rings. The van der Waals surface area contributed by atoms with Gasteiger partial charge in [0.1, 0.15) is 11.2 Å². The van der Waals surface area contributed by atoms with E-state index in [1.54, 1.807) is 53.7 Å². The predicted molar refractivity (Wildman–Crippen MR) is 115 cm³/mol. The molecule has 2 unspecified atom stereocenters. The molecule has 1 aromatic carbocycles. The third kappa shape index (κ3) is 8.75. The third-order valence-corrected chi connectivity index (χ3v) is 3.84. The van der Waals surface area contributed by atoms with E-state index in [-0.39, 0.29) is 0 Å². The van der Waals surface area contributed by atoms with E-state index in [0.29, 0.717) is 11.5 Å². The lowest BCUT2D eigenvalue weighted by Crippen LogP contribution is -3.09. The standard InChI is InChI=1S/C22H40N2O6/c1-19(2,3)16-13-15(27-23(25)29-21(7,8)9)14-17(20(4,5)6)18(16)28-24(26)30-22(10,11)12/h13-14,23-24H,1-12H3. The van der Waals surface area contributed by atoms with Gasteiger partial charge in [-0.05, 0) is 75.3 Å². The van der Waals surface area contributed by atoms with Crippen LogP contribution in [0.2, 0.25) is 0 Å². The van der Waals surface area contributed by atoms with Crippen LogP contribution < -0.4 is 20.5 Å². The van der Waals surface area contributed by atoms with Crippen molar-refractivity contribution in [2.75, 3.05) is 0 Å². The van der Waals surface area contributed by atoms with Crippen LogP contribution in [0.1, 0.15) is 94.2 Å². The molecule has 0 bridgehead atoms. The molecule has 0 saturated carbocycles. The van der Waals surface area contributed by atoms with Gasteiger partial charge in [0, 0.05) is 11.1 Å². The highest BCUT2D eigenvalue weighted by atomic mass is 17.1. The van der Waals surface area contributed by atoms with E-state index >= 15 is 0 Å². The number of benzene rings is 1. The van der Waals surface area contributed by atoms with Gasteiger partial charge in [-0.15, -0.1) is 0 Å². The van der Waals surface area contributed by atoms with E-state index in [2.05, 4.69) is 0 Å². The fourth-order valence-electron chi connectivity index (χ4n) is 2.61. The number of nitrogens with one attached hydrogen (secondary N) is 2. The van der Waals surface area contributed by atoms with Crippen molar-refractivity contribution >= 4 is 0 Å². The molecule has 0 radical (unpaired) electrons. The Balaban J connectivity index is 3.48. The quantitative estimate of drug-likeness (QED) is 0.677. The first kappa shape index (κ1) is 26.6. The SMILES string of the molecule is CC(C)(C)O[NH+]([O-])Oc1cc(C(C)(C)C)c(O[NH+]([O-])OC(C)(C)C)c(C(C)(C)C)c1. The second-order valence-electron chi connectivity index (χ2n) is 11.5. The van der Waals surface area contributed by atoms with Crippen molar-refractivity contribution in [2.24, 2.45) is 0 Å². The first-order chi connectivity index (χ1) is 13.2. The Morgan fingerprint density at radius 1 is 0.600 bits per heavy atom. The van der Waals surface area contributed by atoms with E-state index in [0.717, 1.165) is 11.1 Å². The van der Waals surface area contributed by atoms with Crippen molar-refractivity contribution in [2.45, 2.75) is 105 Å². The maximum absolute atomic E-state index is 12.5. The van der Waals surface area contributed by atoms with Gasteiger partial charge in [-0.3, -0.25) is 9.68 Å². The van der Waals surface area contributed by atoms with Gasteiger partial charge in [0.15, 0.2) is 5.75 Å². The Morgan fingerprint density at radius 3 is 1.23 bits per heavy atom. The van der Waals surface area contributed by atoms with Crippen LogP contribution in [0.4, 0.5) is 0 Å². The van der Waals surface area contributed by atoms with Crippen LogP contribution in [0.15, 0.2) is 12.1 Å². The van der Waals surface area contributed by atoms with Crippen molar-refractivity contribution in [3.05, 3.63) is 33.7 Å². The number of quaternary nitrogens is 2. The summed E-state index contributed by atoms with van der Waals surface area (Å²) < 4.78 is 0. The summed E-state index contributed by atoms with van der Waals surface area (Å²) in [7, 11) is 0. The summed E-state index contributed by atoms with van der Waals surface area (Å²) in [4.78, 5) is 21.8. The fraction of sp³-hybridized carbons (Fsp3) is 0.727. The molecule has 8 heteroatoms. The number of rotatable bonds is 6. The highest BCUT2D eigenvalue weighted by molar-refractivity contribution is 5.52. The molecule has 174 valence electrons. The first-order valence-electron chi connectivity index (χ1n) is 10.2. The second kappa shape index (κ2) is 8.98. The van der Waals surface area contributed by atoms with Gasteiger partial charge in [-0.1, -0.05) is 41.5 Å². The number of hydrogen-bond acceptors (Lipinski definition) is 6. The van der Waals surface area contributed by atoms with Crippen molar-refractivity contribution in [1.29, 1.82) is 0 Å². The van der Waals surface area contributed by atoms with Gasteiger partial charge >= 0.3 is 0 Å². The molecule has 1 rings (SSSR count). The summed E-state index contributed by atoms with van der Waals surface area (Å²) in [5.74, 6) is 0.747. The smallest absolute Gasteiger partial charge is 0.202 e. The maximum Gasteiger partial charge on any atom is 0.202 e. The summed E-state index contributed by atoms with van der Waals surface area (Å²) in [6.45, 7) is 22.6. The van der Waals surface area contributed by atoms with Crippen molar-refractivity contribution in [1.82, 2.24) is 0 Å². The third-order valence-electron chi connectivity index (χ3n) is 3.84. The topological polar surface area (TPSA) is 91.9 Å². The van der Waals surface area contributed by atoms with Crippen LogP contribution in [0.25, 0.3) is 0 Å². The molecule has 0 aromatic heterocycles. The van der Waals surface area contributed by atoms with Crippen LogP contribution in [0.3, 0.4) is 0 Å². The minimum absolute atomic E-state index is 0.329. The molecule has 0 saturated heterocycles. The normalized spacial score (nSPS) is 15.7. The highest BCUT2D eigenvalue weighted by Crippen LogP contribution is 2.41. The maximum atomic E-state index is 12.5. The minimum atomic E-state index is -0.789. The molecule has 8 nitrogen and oxygen atoms in total. The minimum Gasteiger partial charge on any atom is -0.556 e. The summed E-state index contributed by atoms with van der Waals surface area (Å²) in [6, 6.07) is 3.41. The van der Waals surface area contributed by atoms with Crippen LogP contribution >= 0.6 is 0 Å². The molecule has 0 spiro atoms. The molecule has 30 heavy (non-hydrogen) atoms. The van der Waals surface area contributed by atoms with Crippen LogP contribution in [-0.4, -0.2) is 11.2 Å². The van der Waals surface area contributed by atoms with Gasteiger partial charge in [0.25, 0.3) is 0 Å². The molecule has 2 N–H and O–H groups in total. The van der Waals surface area contributed by atoms with Crippen molar-refractivity contribution in [3.8, 4) is 11.5 Å². The van der Waals surface area contributed by atoms with E-state index in [4.69, 9.17) is 19.4 Å². The first-order valence-corrected chi connectivity index (χ1v) is 10.2. The molecule has 0 heterocycles. The molecule has 0 fully saturated rings. The Kier molecular flexibility index (Phi) is 7.97. The lowest BCUT2D eigenvalue weighted by molar-refractivity contribution is -1.19. The zero-order chi connectivity index (χ0) is 23.7. The molecular formula is C22H40N2O6. The largest absolute Gasteiger partial charge is 0.556 e. The predicted octanol–water partition coefficient (Wildman–Crippen LogP) is 3.09. The molecule has 0 aliphatic heterocycles. The summed E-state index contributed by atoms with van der Waals surface area (Å²) >= 11 is 0. The van der Waals surface area contributed by atoms with Gasteiger partial charge < -0.3 is 10.4 Å². The lowest BCUT2D eigenvalue weighted by Gasteiger charge is -2.32.